The Kier molecular flexibility index (Phi) is 7.67. The van der Waals surface area contributed by atoms with E-state index in [1.165, 1.54) is 25.7 Å². The fourth-order valence-electron chi connectivity index (χ4n) is 3.44. The van der Waals surface area contributed by atoms with E-state index in [1.54, 1.807) is 7.11 Å². The number of carbonyl (C=O) groups excluding carboxylic acids is 1. The summed E-state index contributed by atoms with van der Waals surface area (Å²) < 4.78 is 5.47. The average Bonchev–Trinajstić information content (AvgIpc) is 3.03. The molecule has 2 N–H and O–H groups in total. The number of urea groups is 1. The van der Waals surface area contributed by atoms with Crippen molar-refractivity contribution in [3.05, 3.63) is 59.8 Å². The molecule has 1 aliphatic rings. The van der Waals surface area contributed by atoms with Gasteiger partial charge in [-0.15, -0.1) is 0 Å². The standard InChI is InChI=1S/C22H30N4O2/c1-28-20(19-9-5-4-6-10-19)17-25-22(27)24-16-18-11-12-21(23-15-18)26-13-7-2-3-8-14-26/h4-6,9-12,15,20H,2-3,7-8,13-14,16-17H2,1H3,(H2,24,25,27). The van der Waals surface area contributed by atoms with Gasteiger partial charge in [-0.25, -0.2) is 9.78 Å². The largest absolute Gasteiger partial charge is 0.375 e. The molecule has 0 saturated carbocycles. The molecule has 150 valence electrons. The molecule has 0 radical (unpaired) electrons. The van der Waals surface area contributed by atoms with Crippen LogP contribution < -0.4 is 15.5 Å². The highest BCUT2D eigenvalue weighted by atomic mass is 16.5. The van der Waals surface area contributed by atoms with Crippen LogP contribution in [0.15, 0.2) is 48.7 Å². The van der Waals surface area contributed by atoms with Gasteiger partial charge in [0.05, 0.1) is 6.10 Å². The molecule has 6 heteroatoms. The van der Waals surface area contributed by atoms with Gasteiger partial charge in [-0.1, -0.05) is 49.2 Å². The minimum Gasteiger partial charge on any atom is -0.375 e. The van der Waals surface area contributed by atoms with Crippen LogP contribution in [0.2, 0.25) is 0 Å². The molecule has 3 rings (SSSR count). The molecule has 1 fully saturated rings. The highest BCUT2D eigenvalue weighted by Crippen LogP contribution is 2.17. The molecule has 1 aromatic heterocycles. The van der Waals surface area contributed by atoms with Crippen LogP contribution in [-0.2, 0) is 11.3 Å². The van der Waals surface area contributed by atoms with Crippen LogP contribution in [0.3, 0.4) is 0 Å². The van der Waals surface area contributed by atoms with E-state index in [2.05, 4.69) is 26.6 Å². The number of ether oxygens (including phenoxy) is 1. The second-order valence-corrected chi connectivity index (χ2v) is 7.12. The van der Waals surface area contributed by atoms with Crippen molar-refractivity contribution in [1.82, 2.24) is 15.6 Å². The molecule has 28 heavy (non-hydrogen) atoms. The normalized spacial score (nSPS) is 15.5. The SMILES string of the molecule is COC(CNC(=O)NCc1ccc(N2CCCCCC2)nc1)c1ccccc1. The van der Waals surface area contributed by atoms with Crippen molar-refractivity contribution in [2.75, 3.05) is 31.6 Å². The van der Waals surface area contributed by atoms with Crippen LogP contribution in [0.25, 0.3) is 0 Å². The highest BCUT2D eigenvalue weighted by Gasteiger charge is 2.12. The average molecular weight is 383 g/mol. The maximum absolute atomic E-state index is 12.1. The Morgan fingerprint density at radius 3 is 2.46 bits per heavy atom. The van der Waals surface area contributed by atoms with Gasteiger partial charge in [0, 0.05) is 39.5 Å². The Morgan fingerprint density at radius 2 is 1.82 bits per heavy atom. The molecule has 0 spiro atoms. The minimum absolute atomic E-state index is 0.165. The Morgan fingerprint density at radius 1 is 1.07 bits per heavy atom. The third-order valence-corrected chi connectivity index (χ3v) is 5.10. The topological polar surface area (TPSA) is 66.5 Å². The van der Waals surface area contributed by atoms with E-state index in [9.17, 15) is 4.79 Å². The molecule has 1 aromatic carbocycles. The lowest BCUT2D eigenvalue weighted by atomic mass is 10.1. The number of hydrogen-bond acceptors (Lipinski definition) is 4. The van der Waals surface area contributed by atoms with Gasteiger partial charge < -0.3 is 20.3 Å². The molecular weight excluding hydrogens is 352 g/mol. The van der Waals surface area contributed by atoms with Crippen LogP contribution in [0.4, 0.5) is 10.6 Å². The zero-order valence-corrected chi connectivity index (χ0v) is 16.6. The lowest BCUT2D eigenvalue weighted by Gasteiger charge is -2.21. The monoisotopic (exact) mass is 382 g/mol. The van der Waals surface area contributed by atoms with Crippen LogP contribution in [0.1, 0.15) is 42.9 Å². The maximum atomic E-state index is 12.1. The quantitative estimate of drug-likeness (QED) is 0.767. The summed E-state index contributed by atoms with van der Waals surface area (Å²) in [5.74, 6) is 1.03. The Balaban J connectivity index is 1.44. The van der Waals surface area contributed by atoms with Crippen molar-refractivity contribution in [2.24, 2.45) is 0 Å². The number of hydrogen-bond donors (Lipinski definition) is 2. The second-order valence-electron chi connectivity index (χ2n) is 7.12. The molecule has 1 unspecified atom stereocenters. The van der Waals surface area contributed by atoms with Gasteiger partial charge in [-0.05, 0) is 30.0 Å². The van der Waals surface area contributed by atoms with Crippen LogP contribution in [-0.4, -0.2) is 37.8 Å². The van der Waals surface area contributed by atoms with E-state index >= 15 is 0 Å². The van der Waals surface area contributed by atoms with Gasteiger partial charge >= 0.3 is 6.03 Å². The van der Waals surface area contributed by atoms with E-state index in [0.717, 1.165) is 30.0 Å². The van der Waals surface area contributed by atoms with Gasteiger partial charge in [0.2, 0.25) is 0 Å². The molecule has 0 bridgehead atoms. The molecule has 0 aliphatic carbocycles. The van der Waals surface area contributed by atoms with Gasteiger partial charge in [-0.2, -0.15) is 0 Å². The van der Waals surface area contributed by atoms with E-state index in [4.69, 9.17) is 4.74 Å². The molecular formula is C22H30N4O2. The van der Waals surface area contributed by atoms with Crippen LogP contribution in [0.5, 0.6) is 0 Å². The number of carbonyl (C=O) groups is 1. The molecule has 2 amide bonds. The lowest BCUT2D eigenvalue weighted by Crippen LogP contribution is -2.37. The summed E-state index contributed by atoms with van der Waals surface area (Å²) in [6, 6.07) is 13.7. The van der Waals surface area contributed by atoms with Crippen molar-refractivity contribution >= 4 is 11.8 Å². The van der Waals surface area contributed by atoms with Crippen molar-refractivity contribution in [1.29, 1.82) is 0 Å². The first-order valence-corrected chi connectivity index (χ1v) is 10.1. The smallest absolute Gasteiger partial charge is 0.315 e. The molecule has 2 aromatic rings. The first-order chi connectivity index (χ1) is 13.8. The van der Waals surface area contributed by atoms with E-state index in [-0.39, 0.29) is 12.1 Å². The first-order valence-electron chi connectivity index (χ1n) is 10.1. The molecule has 2 heterocycles. The summed E-state index contributed by atoms with van der Waals surface area (Å²) in [5, 5.41) is 5.75. The second kappa shape index (κ2) is 10.7. The van der Waals surface area contributed by atoms with Gasteiger partial charge in [0.1, 0.15) is 5.82 Å². The lowest BCUT2D eigenvalue weighted by molar-refractivity contribution is 0.104. The van der Waals surface area contributed by atoms with Crippen LogP contribution in [0, 0.1) is 0 Å². The zero-order chi connectivity index (χ0) is 19.6. The van der Waals surface area contributed by atoms with Gasteiger partial charge in [-0.3, -0.25) is 0 Å². The summed E-state index contributed by atoms with van der Waals surface area (Å²) in [6.07, 6.45) is 6.76. The highest BCUT2D eigenvalue weighted by molar-refractivity contribution is 5.73. The third kappa shape index (κ3) is 5.96. The van der Waals surface area contributed by atoms with Gasteiger partial charge in [0.25, 0.3) is 0 Å². The van der Waals surface area contributed by atoms with Crippen LogP contribution >= 0.6 is 0 Å². The number of pyridine rings is 1. The van der Waals surface area contributed by atoms with E-state index in [1.807, 2.05) is 42.6 Å². The summed E-state index contributed by atoms with van der Waals surface area (Å²) in [5.41, 5.74) is 2.03. The predicted octanol–water partition coefficient (Wildman–Crippen LogP) is 3.65. The number of rotatable bonds is 7. The van der Waals surface area contributed by atoms with Crippen molar-refractivity contribution in [2.45, 2.75) is 38.3 Å². The van der Waals surface area contributed by atoms with Crippen molar-refractivity contribution in [3.8, 4) is 0 Å². The van der Waals surface area contributed by atoms with E-state index < -0.39 is 0 Å². The van der Waals surface area contributed by atoms with Gasteiger partial charge in [0.15, 0.2) is 0 Å². The molecule has 1 aliphatic heterocycles. The Hall–Kier alpha value is -2.60. The number of nitrogens with zero attached hydrogens (tertiary/aromatic N) is 2. The number of aromatic nitrogens is 1. The number of benzene rings is 1. The predicted molar refractivity (Wildman–Crippen MR) is 111 cm³/mol. The number of anilines is 1. The third-order valence-electron chi connectivity index (χ3n) is 5.10. The fourth-order valence-corrected chi connectivity index (χ4v) is 3.44. The Labute approximate surface area is 167 Å². The number of amides is 2. The summed E-state index contributed by atoms with van der Waals surface area (Å²) in [4.78, 5) is 19.1. The molecule has 1 saturated heterocycles. The van der Waals surface area contributed by atoms with Crippen molar-refractivity contribution in [3.63, 3.8) is 0 Å². The summed E-state index contributed by atoms with van der Waals surface area (Å²) >= 11 is 0. The fraction of sp³-hybridized carbons (Fsp3) is 0.455. The first kappa shape index (κ1) is 20.1. The van der Waals surface area contributed by atoms with E-state index in [0.29, 0.717) is 13.1 Å². The zero-order valence-electron chi connectivity index (χ0n) is 16.6. The Bertz CT molecular complexity index is 713. The summed E-state index contributed by atoms with van der Waals surface area (Å²) in [7, 11) is 1.65. The summed E-state index contributed by atoms with van der Waals surface area (Å²) in [6.45, 7) is 3.02. The molecule has 1 atom stereocenters. The number of methoxy groups -OCH3 is 1. The number of nitrogens with one attached hydrogen (secondary N) is 2. The minimum atomic E-state index is -0.213. The molecule has 6 nitrogen and oxygen atoms in total. The van der Waals surface area contributed by atoms with Crippen molar-refractivity contribution < 1.29 is 9.53 Å². The maximum Gasteiger partial charge on any atom is 0.315 e.